The van der Waals surface area contributed by atoms with Crippen LogP contribution in [0.2, 0.25) is 0 Å². The lowest BCUT2D eigenvalue weighted by Gasteiger charge is -2.43. The van der Waals surface area contributed by atoms with Crippen LogP contribution >= 0.6 is 0 Å². The summed E-state index contributed by atoms with van der Waals surface area (Å²) in [7, 11) is 0. The van der Waals surface area contributed by atoms with Crippen LogP contribution in [0.15, 0.2) is 60.7 Å². The molecule has 2 aromatic rings. The molecule has 2 N–H and O–H groups in total. The van der Waals surface area contributed by atoms with Gasteiger partial charge in [-0.25, -0.2) is 0 Å². The van der Waals surface area contributed by atoms with Gasteiger partial charge in [-0.3, -0.25) is 4.79 Å². The first-order valence-electron chi connectivity index (χ1n) is 9.64. The van der Waals surface area contributed by atoms with Crippen molar-refractivity contribution in [3.05, 3.63) is 71.8 Å². The van der Waals surface area contributed by atoms with E-state index in [0.717, 1.165) is 11.1 Å². The second kappa shape index (κ2) is 9.82. The second-order valence-electron chi connectivity index (χ2n) is 7.66. The summed E-state index contributed by atoms with van der Waals surface area (Å²) in [6.45, 7) is 8.35. The zero-order chi connectivity index (χ0) is 20.6. The van der Waals surface area contributed by atoms with Crippen molar-refractivity contribution in [2.24, 2.45) is 0 Å². The SMILES string of the molecule is CCC(COC(C)=O)(c1ccccc1)N([OH2+])C(C)(C)COCc1ccccc1. The molecule has 0 saturated heterocycles. The third kappa shape index (κ3) is 5.41. The smallest absolute Gasteiger partial charge is 0.302 e. The van der Waals surface area contributed by atoms with Crippen LogP contribution in [0.5, 0.6) is 0 Å². The number of carbonyl (C=O) groups excluding carboxylic acids is 1. The van der Waals surface area contributed by atoms with Crippen LogP contribution in [-0.4, -0.2) is 35.0 Å². The minimum atomic E-state index is -0.757. The van der Waals surface area contributed by atoms with E-state index >= 15 is 0 Å². The van der Waals surface area contributed by atoms with E-state index < -0.39 is 11.1 Å². The molecule has 0 fully saturated rings. The molecule has 0 saturated carbocycles. The average molecular weight is 387 g/mol. The Morgan fingerprint density at radius 2 is 1.57 bits per heavy atom. The maximum Gasteiger partial charge on any atom is 0.302 e. The number of hydroxylamine groups is 2. The lowest BCUT2D eigenvalue weighted by atomic mass is 9.84. The molecule has 0 aromatic heterocycles. The fourth-order valence-corrected chi connectivity index (χ4v) is 3.35. The molecule has 1 unspecified atom stereocenters. The molecule has 0 amide bonds. The molecule has 1 atom stereocenters. The van der Waals surface area contributed by atoms with E-state index in [2.05, 4.69) is 0 Å². The Kier molecular flexibility index (Phi) is 7.75. The standard InChI is InChI=1S/C23H31NO4/c1-5-23(18-28-19(2)25,21-14-10-7-11-15-21)24(26)22(3,4)17-27-16-20-12-8-6-9-13-20/h6-15,26H,5,16-18H2,1-4H3/p+1. The van der Waals surface area contributed by atoms with E-state index in [-0.39, 0.29) is 12.6 Å². The molecule has 152 valence electrons. The van der Waals surface area contributed by atoms with Gasteiger partial charge in [-0.2, -0.15) is 0 Å². The fraction of sp³-hybridized carbons (Fsp3) is 0.435. The number of rotatable bonds is 10. The molecule has 5 nitrogen and oxygen atoms in total. The highest BCUT2D eigenvalue weighted by molar-refractivity contribution is 5.66. The lowest BCUT2D eigenvalue weighted by molar-refractivity contribution is -0.261. The molecule has 28 heavy (non-hydrogen) atoms. The second-order valence-corrected chi connectivity index (χ2v) is 7.66. The molecule has 0 bridgehead atoms. The summed E-state index contributed by atoms with van der Waals surface area (Å²) in [6.07, 6.45) is 0.621. The summed E-state index contributed by atoms with van der Waals surface area (Å²) in [4.78, 5) is 11.5. The highest BCUT2D eigenvalue weighted by atomic mass is 16.6. The first-order valence-corrected chi connectivity index (χ1v) is 9.64. The summed E-state index contributed by atoms with van der Waals surface area (Å²) >= 11 is 0. The van der Waals surface area contributed by atoms with Gasteiger partial charge in [-0.15, -0.1) is 0 Å². The molecular formula is C23H32NO4+. The largest absolute Gasteiger partial charge is 0.463 e. The Morgan fingerprint density at radius 1 is 1.00 bits per heavy atom. The fourth-order valence-electron chi connectivity index (χ4n) is 3.35. The monoisotopic (exact) mass is 386 g/mol. The van der Waals surface area contributed by atoms with Gasteiger partial charge in [0.1, 0.15) is 17.7 Å². The van der Waals surface area contributed by atoms with E-state index in [1.807, 2.05) is 81.4 Å². The number of ether oxygens (including phenoxy) is 2. The summed E-state index contributed by atoms with van der Waals surface area (Å²) in [5.41, 5.74) is 0.692. The van der Waals surface area contributed by atoms with Gasteiger partial charge in [0.05, 0.1) is 13.2 Å². The Hall–Kier alpha value is -2.21. The molecule has 0 aliphatic carbocycles. The summed E-state index contributed by atoms with van der Waals surface area (Å²) in [5, 5.41) is 10.6. The number of hydrogen-bond acceptors (Lipinski definition) is 4. The molecule has 0 aliphatic rings. The molecular weight excluding hydrogens is 354 g/mol. The zero-order valence-electron chi connectivity index (χ0n) is 17.3. The summed E-state index contributed by atoms with van der Waals surface area (Å²) in [5.74, 6) is -0.347. The van der Waals surface area contributed by atoms with Gasteiger partial charge in [0.25, 0.3) is 0 Å². The number of esters is 1. The van der Waals surface area contributed by atoms with E-state index in [1.54, 1.807) is 5.06 Å². The van der Waals surface area contributed by atoms with Crippen molar-refractivity contribution in [3.63, 3.8) is 0 Å². The zero-order valence-corrected chi connectivity index (χ0v) is 17.3. The van der Waals surface area contributed by atoms with Crippen LogP contribution in [0, 0.1) is 0 Å². The minimum Gasteiger partial charge on any atom is -0.463 e. The van der Waals surface area contributed by atoms with Crippen LogP contribution in [0.3, 0.4) is 0 Å². The average Bonchev–Trinajstić information content (AvgIpc) is 2.70. The highest BCUT2D eigenvalue weighted by Crippen LogP contribution is 2.36. The predicted molar refractivity (Wildman–Crippen MR) is 111 cm³/mol. The van der Waals surface area contributed by atoms with Crippen LogP contribution in [0.1, 0.15) is 45.2 Å². The van der Waals surface area contributed by atoms with Gasteiger partial charge in [0.2, 0.25) is 0 Å². The third-order valence-electron chi connectivity index (χ3n) is 5.01. The van der Waals surface area contributed by atoms with Gasteiger partial charge < -0.3 is 14.7 Å². The molecule has 0 radical (unpaired) electrons. The van der Waals surface area contributed by atoms with E-state index in [0.29, 0.717) is 19.6 Å². The number of nitrogens with zero attached hydrogens (tertiary/aromatic N) is 1. The maximum absolute atomic E-state index is 11.5. The first kappa shape index (κ1) is 22.1. The molecule has 0 spiro atoms. The van der Waals surface area contributed by atoms with Crippen molar-refractivity contribution in [1.29, 1.82) is 0 Å². The Balaban J connectivity index is 2.21. The normalized spacial score (nSPS) is 13.9. The van der Waals surface area contributed by atoms with Crippen molar-refractivity contribution in [1.82, 2.24) is 5.06 Å². The van der Waals surface area contributed by atoms with Gasteiger partial charge >= 0.3 is 5.97 Å². The Bertz CT molecular complexity index is 733. The molecule has 5 heteroatoms. The van der Waals surface area contributed by atoms with Gasteiger partial charge in [0.15, 0.2) is 0 Å². The lowest BCUT2D eigenvalue weighted by Crippen LogP contribution is -2.58. The Labute approximate surface area is 167 Å². The molecule has 2 aromatic carbocycles. The van der Waals surface area contributed by atoms with Crippen molar-refractivity contribution in [3.8, 4) is 0 Å². The van der Waals surface area contributed by atoms with E-state index in [1.165, 1.54) is 6.92 Å². The predicted octanol–water partition coefficient (Wildman–Crippen LogP) is 3.79. The molecule has 2 rings (SSSR count). The number of benzene rings is 2. The number of hydrogen-bond donors (Lipinski definition) is 0. The third-order valence-corrected chi connectivity index (χ3v) is 5.01. The molecule has 0 aliphatic heterocycles. The van der Waals surface area contributed by atoms with E-state index in [9.17, 15) is 4.79 Å². The summed E-state index contributed by atoms with van der Waals surface area (Å²) in [6, 6.07) is 19.8. The quantitative estimate of drug-likeness (QED) is 0.354. The van der Waals surface area contributed by atoms with Crippen LogP contribution in [0.4, 0.5) is 0 Å². The van der Waals surface area contributed by atoms with Crippen molar-refractivity contribution in [2.75, 3.05) is 13.2 Å². The molecule has 0 heterocycles. The van der Waals surface area contributed by atoms with Crippen molar-refractivity contribution >= 4 is 5.97 Å². The van der Waals surface area contributed by atoms with Crippen LogP contribution in [-0.2, 0) is 26.4 Å². The first-order chi connectivity index (χ1) is 13.3. The van der Waals surface area contributed by atoms with Gasteiger partial charge in [0, 0.05) is 6.92 Å². The number of carbonyl (C=O) groups is 1. The maximum atomic E-state index is 11.5. The Morgan fingerprint density at radius 3 is 2.11 bits per heavy atom. The van der Waals surface area contributed by atoms with Crippen molar-refractivity contribution < 1.29 is 19.5 Å². The van der Waals surface area contributed by atoms with Crippen LogP contribution < -0.4 is 0 Å². The topological polar surface area (TPSA) is 61.7 Å². The van der Waals surface area contributed by atoms with Crippen LogP contribution in [0.25, 0.3) is 0 Å². The van der Waals surface area contributed by atoms with E-state index in [4.69, 9.17) is 14.7 Å². The minimum absolute atomic E-state index is 0.120. The van der Waals surface area contributed by atoms with Crippen molar-refractivity contribution in [2.45, 2.75) is 51.8 Å². The van der Waals surface area contributed by atoms with Gasteiger partial charge in [-0.05, 0) is 31.4 Å². The van der Waals surface area contributed by atoms with Gasteiger partial charge in [-0.1, -0.05) is 72.7 Å². The highest BCUT2D eigenvalue weighted by Gasteiger charge is 2.49. The summed E-state index contributed by atoms with van der Waals surface area (Å²) < 4.78 is 11.3.